The summed E-state index contributed by atoms with van der Waals surface area (Å²) in [5.74, 6) is -0.472. The molecule has 0 saturated carbocycles. The minimum atomic E-state index is -0.973. The Balaban J connectivity index is 2.43. The highest BCUT2D eigenvalue weighted by Crippen LogP contribution is 2.33. The fraction of sp³-hybridized carbons (Fsp3) is 0.167. The van der Waals surface area contributed by atoms with Gasteiger partial charge in [0, 0.05) is 19.8 Å². The number of aliphatic hydroxyl groups excluding tert-OH is 1. The van der Waals surface area contributed by atoms with Crippen LogP contribution in [0.1, 0.15) is 21.4 Å². The Labute approximate surface area is 116 Å². The van der Waals surface area contributed by atoms with Crippen molar-refractivity contribution in [2.75, 3.05) is 0 Å². The zero-order valence-electron chi connectivity index (χ0n) is 8.88. The second-order valence-corrected chi connectivity index (χ2v) is 6.22. The molecule has 0 fully saturated rings. The van der Waals surface area contributed by atoms with Gasteiger partial charge >= 0.3 is 0 Å². The van der Waals surface area contributed by atoms with Gasteiger partial charge in [0.05, 0.1) is 5.02 Å². The second-order valence-electron chi connectivity index (χ2n) is 3.64. The highest BCUT2D eigenvalue weighted by atomic mass is 79.9. The van der Waals surface area contributed by atoms with Crippen LogP contribution in [-0.2, 0) is 0 Å². The molecule has 0 aliphatic carbocycles. The molecule has 1 unspecified atom stereocenters. The molecule has 0 saturated heterocycles. The fourth-order valence-corrected chi connectivity index (χ4v) is 2.87. The van der Waals surface area contributed by atoms with Gasteiger partial charge in [-0.25, -0.2) is 4.39 Å². The molecular weight excluding hydrogens is 327 g/mol. The van der Waals surface area contributed by atoms with Crippen LogP contribution in [0.3, 0.4) is 0 Å². The zero-order chi connectivity index (χ0) is 12.6. The van der Waals surface area contributed by atoms with Crippen molar-refractivity contribution in [3.63, 3.8) is 0 Å². The lowest BCUT2D eigenvalue weighted by Crippen LogP contribution is -2.00. The summed E-state index contributed by atoms with van der Waals surface area (Å²) in [5.41, 5.74) is 0.194. The molecule has 2 aromatic rings. The third-order valence-corrected chi connectivity index (χ3v) is 4.62. The van der Waals surface area contributed by atoms with Crippen LogP contribution >= 0.6 is 38.9 Å². The van der Waals surface area contributed by atoms with Gasteiger partial charge in [0.15, 0.2) is 0 Å². The van der Waals surface area contributed by atoms with Crippen LogP contribution in [0.15, 0.2) is 28.7 Å². The van der Waals surface area contributed by atoms with Crippen molar-refractivity contribution in [1.29, 1.82) is 0 Å². The third-order valence-electron chi connectivity index (χ3n) is 2.36. The minimum absolute atomic E-state index is 0.194. The van der Waals surface area contributed by atoms with E-state index in [2.05, 4.69) is 15.9 Å². The summed E-state index contributed by atoms with van der Waals surface area (Å²) in [4.78, 5) is 1.78. The lowest BCUT2D eigenvalue weighted by molar-refractivity contribution is 0.218. The molecule has 0 spiro atoms. The monoisotopic (exact) mass is 334 g/mol. The van der Waals surface area contributed by atoms with Crippen LogP contribution in [0.4, 0.5) is 4.39 Å². The second kappa shape index (κ2) is 5.06. The Morgan fingerprint density at radius 2 is 2.12 bits per heavy atom. The van der Waals surface area contributed by atoms with Gasteiger partial charge in [-0.15, -0.1) is 11.3 Å². The van der Waals surface area contributed by atoms with E-state index < -0.39 is 11.9 Å². The predicted octanol–water partition coefficient (Wildman–Crippen LogP) is 4.69. The summed E-state index contributed by atoms with van der Waals surface area (Å²) in [7, 11) is 0. The number of aliphatic hydroxyl groups is 1. The maximum atomic E-state index is 13.7. The minimum Gasteiger partial charge on any atom is -0.383 e. The van der Waals surface area contributed by atoms with Gasteiger partial charge in [-0.05, 0) is 47.1 Å². The largest absolute Gasteiger partial charge is 0.383 e. The summed E-state index contributed by atoms with van der Waals surface area (Å²) in [6, 6.07) is 6.39. The Hall–Kier alpha value is -0.420. The fourth-order valence-electron chi connectivity index (χ4n) is 1.50. The Bertz CT molecular complexity index is 555. The van der Waals surface area contributed by atoms with Gasteiger partial charge in [-0.1, -0.05) is 11.6 Å². The molecule has 0 aliphatic heterocycles. The molecule has 1 atom stereocenters. The first-order valence-electron chi connectivity index (χ1n) is 4.88. The summed E-state index contributed by atoms with van der Waals surface area (Å²) >= 11 is 10.5. The standard InChI is InChI=1S/C12H9BrClFOS/c1-6-2-3-11(17-6)12(16)7-4-9(14)8(13)5-10(7)15/h2-5,12,16H,1H3. The van der Waals surface area contributed by atoms with Gasteiger partial charge in [-0.2, -0.15) is 0 Å². The van der Waals surface area contributed by atoms with E-state index in [-0.39, 0.29) is 5.56 Å². The molecule has 0 aliphatic rings. The molecule has 2 rings (SSSR count). The van der Waals surface area contributed by atoms with Crippen LogP contribution in [-0.4, -0.2) is 5.11 Å². The van der Waals surface area contributed by atoms with Crippen molar-refractivity contribution in [2.24, 2.45) is 0 Å². The maximum Gasteiger partial charge on any atom is 0.130 e. The Kier molecular flexibility index (Phi) is 3.88. The van der Waals surface area contributed by atoms with Gasteiger partial charge in [0.25, 0.3) is 0 Å². The molecule has 17 heavy (non-hydrogen) atoms. The van der Waals surface area contributed by atoms with E-state index in [0.29, 0.717) is 14.4 Å². The number of thiophene rings is 1. The smallest absolute Gasteiger partial charge is 0.130 e. The average Bonchev–Trinajstić information content (AvgIpc) is 2.69. The average molecular weight is 336 g/mol. The number of benzene rings is 1. The van der Waals surface area contributed by atoms with Gasteiger partial charge in [0.2, 0.25) is 0 Å². The van der Waals surface area contributed by atoms with Crippen molar-refractivity contribution < 1.29 is 9.50 Å². The van der Waals surface area contributed by atoms with Crippen LogP contribution < -0.4 is 0 Å². The van der Waals surface area contributed by atoms with E-state index in [0.717, 1.165) is 4.88 Å². The summed E-state index contributed by atoms with van der Waals surface area (Å²) in [5, 5.41) is 10.5. The van der Waals surface area contributed by atoms with Gasteiger partial charge in [0.1, 0.15) is 11.9 Å². The normalized spacial score (nSPS) is 12.8. The number of halogens is 3. The predicted molar refractivity (Wildman–Crippen MR) is 72.2 cm³/mol. The van der Waals surface area contributed by atoms with Crippen molar-refractivity contribution >= 4 is 38.9 Å². The molecule has 5 heteroatoms. The topological polar surface area (TPSA) is 20.2 Å². The first-order valence-corrected chi connectivity index (χ1v) is 6.86. The van der Waals surface area contributed by atoms with Crippen LogP contribution in [0.5, 0.6) is 0 Å². The van der Waals surface area contributed by atoms with E-state index >= 15 is 0 Å². The summed E-state index contributed by atoms with van der Waals surface area (Å²) in [6.07, 6.45) is -0.973. The molecule has 1 aromatic carbocycles. The van der Waals surface area contributed by atoms with Crippen LogP contribution in [0.2, 0.25) is 5.02 Å². The van der Waals surface area contributed by atoms with Crippen LogP contribution in [0.25, 0.3) is 0 Å². The number of aryl methyl sites for hydroxylation is 1. The summed E-state index contributed by atoms with van der Waals surface area (Å²) in [6.45, 7) is 1.94. The molecule has 0 amide bonds. The van der Waals surface area contributed by atoms with E-state index in [4.69, 9.17) is 11.6 Å². The van der Waals surface area contributed by atoms with Crippen molar-refractivity contribution in [2.45, 2.75) is 13.0 Å². The first-order chi connectivity index (χ1) is 7.99. The van der Waals surface area contributed by atoms with E-state index in [1.807, 2.05) is 13.0 Å². The van der Waals surface area contributed by atoms with Gasteiger partial charge < -0.3 is 5.11 Å². The lowest BCUT2D eigenvalue weighted by Gasteiger charge is -2.11. The number of rotatable bonds is 2. The van der Waals surface area contributed by atoms with Crippen molar-refractivity contribution in [3.05, 3.63) is 54.9 Å². The van der Waals surface area contributed by atoms with Crippen molar-refractivity contribution in [3.8, 4) is 0 Å². The Morgan fingerprint density at radius 3 is 2.71 bits per heavy atom. The quantitative estimate of drug-likeness (QED) is 0.789. The molecule has 1 N–H and O–H groups in total. The van der Waals surface area contributed by atoms with Gasteiger partial charge in [-0.3, -0.25) is 0 Å². The number of hydrogen-bond donors (Lipinski definition) is 1. The first kappa shape index (κ1) is 13.0. The Morgan fingerprint density at radius 1 is 1.41 bits per heavy atom. The highest BCUT2D eigenvalue weighted by molar-refractivity contribution is 9.10. The molecule has 1 aromatic heterocycles. The van der Waals surface area contributed by atoms with E-state index in [1.54, 1.807) is 6.07 Å². The molecule has 0 radical (unpaired) electrons. The molecule has 0 bridgehead atoms. The highest BCUT2D eigenvalue weighted by Gasteiger charge is 2.18. The molecule has 1 nitrogen and oxygen atoms in total. The zero-order valence-corrected chi connectivity index (χ0v) is 12.0. The maximum absolute atomic E-state index is 13.7. The van der Waals surface area contributed by atoms with Crippen molar-refractivity contribution in [1.82, 2.24) is 0 Å². The number of hydrogen-bond acceptors (Lipinski definition) is 2. The SMILES string of the molecule is Cc1ccc(C(O)c2cc(Cl)c(Br)cc2F)s1. The van der Waals surface area contributed by atoms with Crippen LogP contribution in [0, 0.1) is 12.7 Å². The third kappa shape index (κ3) is 2.71. The van der Waals surface area contributed by atoms with E-state index in [1.165, 1.54) is 23.5 Å². The summed E-state index contributed by atoms with van der Waals surface area (Å²) < 4.78 is 14.2. The lowest BCUT2D eigenvalue weighted by atomic mass is 10.1. The van der Waals surface area contributed by atoms with E-state index in [9.17, 15) is 9.50 Å². The molecule has 1 heterocycles. The molecule has 90 valence electrons. The molecular formula is C12H9BrClFOS.